The third kappa shape index (κ3) is 8.43. The SMILES string of the molecule is CCNC(=NCC1CCN(c2ccccc2OC)C1)NCCCCOCC.I. The van der Waals surface area contributed by atoms with Gasteiger partial charge < -0.3 is 25.0 Å². The Bertz CT molecular complexity index is 571. The van der Waals surface area contributed by atoms with E-state index in [-0.39, 0.29) is 24.0 Å². The molecule has 0 bridgehead atoms. The Labute approximate surface area is 187 Å². The number of nitrogens with one attached hydrogen (secondary N) is 2. The van der Waals surface area contributed by atoms with Gasteiger partial charge in [0.15, 0.2) is 5.96 Å². The maximum absolute atomic E-state index is 5.50. The number of hydrogen-bond donors (Lipinski definition) is 2. The second-order valence-corrected chi connectivity index (χ2v) is 6.82. The van der Waals surface area contributed by atoms with Gasteiger partial charge in [0.1, 0.15) is 5.75 Å². The molecule has 2 N–H and O–H groups in total. The fourth-order valence-electron chi connectivity index (χ4n) is 3.33. The lowest BCUT2D eigenvalue weighted by atomic mass is 10.1. The van der Waals surface area contributed by atoms with Crippen LogP contribution in [0.3, 0.4) is 0 Å². The van der Waals surface area contributed by atoms with E-state index in [1.54, 1.807) is 7.11 Å². The fraction of sp³-hybridized carbons (Fsp3) is 0.667. The van der Waals surface area contributed by atoms with Crippen LogP contribution >= 0.6 is 24.0 Å². The normalized spacial score (nSPS) is 16.6. The first-order valence-electron chi connectivity index (χ1n) is 10.3. The second-order valence-electron chi connectivity index (χ2n) is 6.82. The lowest BCUT2D eigenvalue weighted by Gasteiger charge is -2.21. The van der Waals surface area contributed by atoms with E-state index >= 15 is 0 Å². The van der Waals surface area contributed by atoms with Gasteiger partial charge in [0.2, 0.25) is 0 Å². The van der Waals surface area contributed by atoms with Crippen molar-refractivity contribution in [1.29, 1.82) is 0 Å². The number of halogens is 1. The molecular weight excluding hydrogens is 467 g/mol. The highest BCUT2D eigenvalue weighted by molar-refractivity contribution is 14.0. The van der Waals surface area contributed by atoms with Gasteiger partial charge in [0.05, 0.1) is 12.8 Å². The number of methoxy groups -OCH3 is 1. The number of unbranched alkanes of at least 4 members (excludes halogenated alkanes) is 1. The molecule has 1 aliphatic rings. The predicted molar refractivity (Wildman–Crippen MR) is 128 cm³/mol. The van der Waals surface area contributed by atoms with Gasteiger partial charge in [-0.2, -0.15) is 0 Å². The van der Waals surface area contributed by atoms with Crippen LogP contribution in [0.4, 0.5) is 5.69 Å². The van der Waals surface area contributed by atoms with Crippen molar-refractivity contribution in [3.8, 4) is 5.75 Å². The Balaban J connectivity index is 0.00000392. The van der Waals surface area contributed by atoms with Gasteiger partial charge in [-0.15, -0.1) is 24.0 Å². The highest BCUT2D eigenvalue weighted by atomic mass is 127. The number of aliphatic imine (C=N–C) groups is 1. The molecule has 1 heterocycles. The molecule has 160 valence electrons. The third-order valence-electron chi connectivity index (χ3n) is 4.78. The standard InChI is InChI=1S/C21H36N4O2.HI/c1-4-22-21(23-13-8-9-15-27-5-2)24-16-18-12-14-25(17-18)19-10-6-7-11-20(19)26-3;/h6-7,10-11,18H,4-5,8-9,12-17H2,1-3H3,(H2,22,23,24);1H. The van der Waals surface area contributed by atoms with Crippen LogP contribution in [0.15, 0.2) is 29.3 Å². The quantitative estimate of drug-likeness (QED) is 0.209. The van der Waals surface area contributed by atoms with E-state index in [0.717, 1.165) is 76.9 Å². The monoisotopic (exact) mass is 504 g/mol. The molecule has 1 aromatic rings. The molecule has 7 heteroatoms. The van der Waals surface area contributed by atoms with Gasteiger partial charge in [0.25, 0.3) is 0 Å². The van der Waals surface area contributed by atoms with Crippen LogP contribution in [-0.2, 0) is 4.74 Å². The number of hydrogen-bond acceptors (Lipinski definition) is 4. The highest BCUT2D eigenvalue weighted by Crippen LogP contribution is 2.31. The summed E-state index contributed by atoms with van der Waals surface area (Å²) in [7, 11) is 1.74. The summed E-state index contributed by atoms with van der Waals surface area (Å²) in [5.41, 5.74) is 1.19. The average molecular weight is 504 g/mol. The van der Waals surface area contributed by atoms with Gasteiger partial charge in [0, 0.05) is 45.9 Å². The number of anilines is 1. The molecular formula is C21H37IN4O2. The molecule has 6 nitrogen and oxygen atoms in total. The molecule has 1 fully saturated rings. The van der Waals surface area contributed by atoms with E-state index in [1.807, 2.05) is 19.1 Å². The van der Waals surface area contributed by atoms with E-state index in [4.69, 9.17) is 14.5 Å². The molecule has 0 aromatic heterocycles. The lowest BCUT2D eigenvalue weighted by Crippen LogP contribution is -2.38. The maximum Gasteiger partial charge on any atom is 0.191 e. The van der Waals surface area contributed by atoms with E-state index in [2.05, 4.69) is 34.6 Å². The van der Waals surface area contributed by atoms with Crippen molar-refractivity contribution in [2.75, 3.05) is 57.9 Å². The van der Waals surface area contributed by atoms with Crippen molar-refractivity contribution in [1.82, 2.24) is 10.6 Å². The molecule has 28 heavy (non-hydrogen) atoms. The Hall–Kier alpha value is -1.22. The number of para-hydroxylation sites is 2. The molecule has 0 aliphatic carbocycles. The summed E-state index contributed by atoms with van der Waals surface area (Å²) in [6, 6.07) is 8.25. The summed E-state index contributed by atoms with van der Waals surface area (Å²) in [6.07, 6.45) is 3.33. The number of nitrogens with zero attached hydrogens (tertiary/aromatic N) is 2. The zero-order valence-electron chi connectivity index (χ0n) is 17.6. The van der Waals surface area contributed by atoms with Crippen molar-refractivity contribution in [3.05, 3.63) is 24.3 Å². The van der Waals surface area contributed by atoms with Crippen LogP contribution in [0.5, 0.6) is 5.75 Å². The summed E-state index contributed by atoms with van der Waals surface area (Å²) < 4.78 is 10.9. The number of rotatable bonds is 11. The third-order valence-corrected chi connectivity index (χ3v) is 4.78. The van der Waals surface area contributed by atoms with Gasteiger partial charge >= 0.3 is 0 Å². The van der Waals surface area contributed by atoms with E-state index < -0.39 is 0 Å². The second kappa shape index (κ2) is 14.7. The van der Waals surface area contributed by atoms with Gasteiger partial charge in [-0.1, -0.05) is 12.1 Å². The molecule has 1 aromatic carbocycles. The summed E-state index contributed by atoms with van der Waals surface area (Å²) in [5, 5.41) is 6.78. The zero-order chi connectivity index (χ0) is 19.3. The van der Waals surface area contributed by atoms with Crippen molar-refractivity contribution >= 4 is 35.6 Å². The molecule has 0 saturated carbocycles. The average Bonchev–Trinajstić information content (AvgIpc) is 3.17. The molecule has 0 radical (unpaired) electrons. The van der Waals surface area contributed by atoms with Crippen LogP contribution in [0, 0.1) is 5.92 Å². The van der Waals surface area contributed by atoms with Crippen LogP contribution in [0.2, 0.25) is 0 Å². The molecule has 1 unspecified atom stereocenters. The molecule has 1 atom stereocenters. The van der Waals surface area contributed by atoms with Crippen molar-refractivity contribution in [3.63, 3.8) is 0 Å². The van der Waals surface area contributed by atoms with E-state index in [9.17, 15) is 0 Å². The predicted octanol–water partition coefficient (Wildman–Crippen LogP) is 3.51. The highest BCUT2D eigenvalue weighted by Gasteiger charge is 2.24. The van der Waals surface area contributed by atoms with Crippen LogP contribution in [0.1, 0.15) is 33.1 Å². The lowest BCUT2D eigenvalue weighted by molar-refractivity contribution is 0.143. The molecule has 1 saturated heterocycles. The van der Waals surface area contributed by atoms with Crippen molar-refractivity contribution in [2.24, 2.45) is 10.9 Å². The minimum absolute atomic E-state index is 0. The molecule has 0 amide bonds. The Morgan fingerprint density at radius 3 is 2.79 bits per heavy atom. The number of ether oxygens (including phenoxy) is 2. The Morgan fingerprint density at radius 1 is 1.21 bits per heavy atom. The molecule has 2 rings (SSSR count). The zero-order valence-corrected chi connectivity index (χ0v) is 19.9. The van der Waals surface area contributed by atoms with Gasteiger partial charge in [-0.25, -0.2) is 0 Å². The fourth-order valence-corrected chi connectivity index (χ4v) is 3.33. The van der Waals surface area contributed by atoms with Crippen LogP contribution in [0.25, 0.3) is 0 Å². The summed E-state index contributed by atoms with van der Waals surface area (Å²) >= 11 is 0. The topological polar surface area (TPSA) is 58.1 Å². The Morgan fingerprint density at radius 2 is 2.04 bits per heavy atom. The molecule has 0 spiro atoms. The van der Waals surface area contributed by atoms with Crippen molar-refractivity contribution in [2.45, 2.75) is 33.1 Å². The van der Waals surface area contributed by atoms with Crippen molar-refractivity contribution < 1.29 is 9.47 Å². The first kappa shape index (κ1) is 24.8. The van der Waals surface area contributed by atoms with Gasteiger partial charge in [-0.05, 0) is 51.2 Å². The van der Waals surface area contributed by atoms with E-state index in [1.165, 1.54) is 5.69 Å². The minimum Gasteiger partial charge on any atom is -0.495 e. The smallest absolute Gasteiger partial charge is 0.191 e. The largest absolute Gasteiger partial charge is 0.495 e. The summed E-state index contributed by atoms with van der Waals surface area (Å²) in [6.45, 7) is 10.5. The van der Waals surface area contributed by atoms with Crippen LogP contribution in [-0.4, -0.2) is 59.0 Å². The minimum atomic E-state index is 0. The van der Waals surface area contributed by atoms with E-state index in [0.29, 0.717) is 5.92 Å². The first-order chi connectivity index (χ1) is 13.3. The maximum atomic E-state index is 5.50. The van der Waals surface area contributed by atoms with Crippen LogP contribution < -0.4 is 20.3 Å². The number of guanidine groups is 1. The number of benzene rings is 1. The Kier molecular flexibility index (Phi) is 13.1. The summed E-state index contributed by atoms with van der Waals surface area (Å²) in [4.78, 5) is 7.22. The molecule has 1 aliphatic heterocycles. The first-order valence-corrected chi connectivity index (χ1v) is 10.3. The van der Waals surface area contributed by atoms with Gasteiger partial charge in [-0.3, -0.25) is 4.99 Å². The summed E-state index contributed by atoms with van der Waals surface area (Å²) in [5.74, 6) is 2.44.